The van der Waals surface area contributed by atoms with Crippen LogP contribution < -0.4 is 5.73 Å². The fraction of sp³-hybridized carbons (Fsp3) is 0.250. The lowest BCUT2D eigenvalue weighted by Crippen LogP contribution is -2.02. The Hall–Kier alpha value is -0.860. The zero-order chi connectivity index (χ0) is 9.41. The Morgan fingerprint density at radius 1 is 0.900 bits per heavy atom. The Morgan fingerprint density at radius 3 is 1.00 bits per heavy atom. The van der Waals surface area contributed by atoms with Crippen LogP contribution in [0.25, 0.3) is 0 Å². The summed E-state index contributed by atoms with van der Waals surface area (Å²) < 4.78 is 0. The van der Waals surface area contributed by atoms with Crippen molar-refractivity contribution in [3.05, 3.63) is 39.5 Å². The summed E-state index contributed by atoms with van der Waals surface area (Å²) in [6.45, 7) is 18.5. The Bertz CT molecular complexity index is 25.7. The maximum absolute atomic E-state index is 7.75. The summed E-state index contributed by atoms with van der Waals surface area (Å²) in [6, 6.07) is 0. The van der Waals surface area contributed by atoms with Crippen LogP contribution in [0.2, 0.25) is 0 Å². The van der Waals surface area contributed by atoms with Gasteiger partial charge in [-0.2, -0.15) is 0 Å². The quantitative estimate of drug-likeness (QED) is 0.547. The average molecular weight is 145 g/mol. The molecular weight excluding hydrogens is 126 g/mol. The number of aliphatic hydroxyl groups is 1. The van der Waals surface area contributed by atoms with Crippen LogP contribution in [-0.2, 0) is 0 Å². The average Bonchev–Trinajstić information content (AvgIpc) is 2.14. The molecule has 0 aliphatic carbocycles. The van der Waals surface area contributed by atoms with Gasteiger partial charge in [-0.1, -0.05) is 0 Å². The van der Waals surface area contributed by atoms with Gasteiger partial charge in [-0.15, -0.1) is 39.5 Å². The highest BCUT2D eigenvalue weighted by Crippen LogP contribution is 1.33. The Balaban J connectivity index is -0.0000000262. The molecule has 0 aromatic carbocycles. The molecule has 0 fully saturated rings. The smallest absolute Gasteiger partial charge is 0.0553 e. The molecule has 0 saturated carbocycles. The minimum absolute atomic E-state index is 0.0972. The number of hydrogen-bond acceptors (Lipinski definition) is 2. The van der Waals surface area contributed by atoms with Crippen molar-refractivity contribution in [2.45, 2.75) is 0 Å². The van der Waals surface area contributed by atoms with E-state index >= 15 is 0 Å². The topological polar surface area (TPSA) is 46.2 Å². The van der Waals surface area contributed by atoms with Gasteiger partial charge in [0.25, 0.3) is 0 Å². The second kappa shape index (κ2) is 319. The van der Waals surface area contributed by atoms with Crippen LogP contribution in [0.3, 0.4) is 0 Å². The molecular formula is C8H19NO. The van der Waals surface area contributed by atoms with Gasteiger partial charge in [0.2, 0.25) is 0 Å². The van der Waals surface area contributed by atoms with Crippen molar-refractivity contribution in [2.75, 3.05) is 13.2 Å². The van der Waals surface area contributed by atoms with Gasteiger partial charge in [0, 0.05) is 6.54 Å². The molecule has 0 aliphatic heterocycles. The molecule has 10 heavy (non-hydrogen) atoms. The predicted octanol–water partition coefficient (Wildman–Crippen LogP) is 1.34. The lowest BCUT2D eigenvalue weighted by molar-refractivity contribution is 0.306. The van der Waals surface area contributed by atoms with E-state index in [0.717, 1.165) is 0 Å². The second-order valence-corrected chi connectivity index (χ2v) is 0.512. The fourth-order valence-electron chi connectivity index (χ4n) is 0. The maximum atomic E-state index is 7.75. The molecule has 0 spiro atoms. The van der Waals surface area contributed by atoms with Gasteiger partial charge in [-0.25, -0.2) is 0 Å². The summed E-state index contributed by atoms with van der Waals surface area (Å²) in [5.41, 5.74) is 4.78. The van der Waals surface area contributed by atoms with Crippen LogP contribution in [0.15, 0.2) is 39.5 Å². The summed E-state index contributed by atoms with van der Waals surface area (Å²) >= 11 is 0. The van der Waals surface area contributed by atoms with Crippen molar-refractivity contribution in [2.24, 2.45) is 5.73 Å². The van der Waals surface area contributed by atoms with E-state index in [9.17, 15) is 0 Å². The predicted molar refractivity (Wildman–Crippen MR) is 49.9 cm³/mol. The van der Waals surface area contributed by atoms with Crippen LogP contribution >= 0.6 is 0 Å². The van der Waals surface area contributed by atoms with E-state index in [4.69, 9.17) is 10.8 Å². The highest BCUT2D eigenvalue weighted by atomic mass is 16.3. The Kier molecular flexibility index (Phi) is 732. The SMILES string of the molecule is C=C.C=C.C=C.NCCO. The summed E-state index contributed by atoms with van der Waals surface area (Å²) in [6.07, 6.45) is 0. The lowest BCUT2D eigenvalue weighted by atomic mass is 10.8. The molecule has 0 aliphatic rings. The Labute approximate surface area is 64.4 Å². The van der Waals surface area contributed by atoms with Crippen molar-refractivity contribution >= 4 is 0 Å². The first kappa shape index (κ1) is 22.9. The summed E-state index contributed by atoms with van der Waals surface area (Å²) in [5, 5.41) is 7.75. The van der Waals surface area contributed by atoms with Gasteiger partial charge < -0.3 is 10.8 Å². The number of aliphatic hydroxyl groups excluding tert-OH is 1. The molecule has 0 radical (unpaired) electrons. The van der Waals surface area contributed by atoms with E-state index in [-0.39, 0.29) is 6.61 Å². The van der Waals surface area contributed by atoms with E-state index in [0.29, 0.717) is 6.54 Å². The molecule has 3 N–H and O–H groups in total. The highest BCUT2D eigenvalue weighted by Gasteiger charge is 1.56. The highest BCUT2D eigenvalue weighted by molar-refractivity contribution is 4.22. The molecule has 2 nitrogen and oxygen atoms in total. The normalized spacial score (nSPS) is 4.20. The molecule has 0 saturated heterocycles. The second-order valence-electron chi connectivity index (χ2n) is 0.512. The third kappa shape index (κ3) is 13700. The van der Waals surface area contributed by atoms with Gasteiger partial charge in [-0.05, 0) is 0 Å². The van der Waals surface area contributed by atoms with Crippen LogP contribution in [0.4, 0.5) is 0 Å². The molecule has 62 valence electrons. The monoisotopic (exact) mass is 145 g/mol. The lowest BCUT2D eigenvalue weighted by Gasteiger charge is -1.71. The number of nitrogens with two attached hydrogens (primary N) is 1. The molecule has 0 aromatic rings. The van der Waals surface area contributed by atoms with Crippen molar-refractivity contribution in [3.63, 3.8) is 0 Å². The van der Waals surface area contributed by atoms with Gasteiger partial charge in [-0.3, -0.25) is 0 Å². The number of rotatable bonds is 1. The van der Waals surface area contributed by atoms with Crippen molar-refractivity contribution in [3.8, 4) is 0 Å². The molecule has 0 unspecified atom stereocenters. The standard InChI is InChI=1S/C2H7NO.3C2H4/c3-1-2-4;3*1-2/h4H,1-3H2;3*1-2H2. The van der Waals surface area contributed by atoms with E-state index < -0.39 is 0 Å². The molecule has 2 heteroatoms. The van der Waals surface area contributed by atoms with Crippen LogP contribution in [0.5, 0.6) is 0 Å². The largest absolute Gasteiger partial charge is 0.395 e. The molecule has 0 aromatic heterocycles. The molecule has 0 rings (SSSR count). The van der Waals surface area contributed by atoms with E-state index in [1.54, 1.807) is 0 Å². The van der Waals surface area contributed by atoms with Crippen molar-refractivity contribution < 1.29 is 5.11 Å². The summed E-state index contributed by atoms with van der Waals surface area (Å²) in [7, 11) is 0. The summed E-state index contributed by atoms with van der Waals surface area (Å²) in [5.74, 6) is 0. The first-order valence-electron chi connectivity index (χ1n) is 2.72. The first-order valence-corrected chi connectivity index (χ1v) is 2.72. The fourth-order valence-corrected chi connectivity index (χ4v) is 0. The van der Waals surface area contributed by atoms with Gasteiger partial charge >= 0.3 is 0 Å². The zero-order valence-corrected chi connectivity index (χ0v) is 6.68. The third-order valence-corrected chi connectivity index (χ3v) is 0.129. The van der Waals surface area contributed by atoms with E-state index in [1.165, 1.54) is 0 Å². The van der Waals surface area contributed by atoms with Crippen molar-refractivity contribution in [1.82, 2.24) is 0 Å². The molecule has 0 heterocycles. The van der Waals surface area contributed by atoms with E-state index in [1.807, 2.05) is 0 Å². The number of hydrogen-bond donors (Lipinski definition) is 2. The maximum Gasteiger partial charge on any atom is 0.0553 e. The summed E-state index contributed by atoms with van der Waals surface area (Å²) in [4.78, 5) is 0. The first-order chi connectivity index (χ1) is 4.91. The zero-order valence-electron chi connectivity index (χ0n) is 6.68. The molecule has 0 bridgehead atoms. The van der Waals surface area contributed by atoms with Crippen molar-refractivity contribution in [1.29, 1.82) is 0 Å². The van der Waals surface area contributed by atoms with Crippen LogP contribution in [0, 0.1) is 0 Å². The molecule has 0 amide bonds. The molecule has 0 atom stereocenters. The van der Waals surface area contributed by atoms with Crippen LogP contribution in [0.1, 0.15) is 0 Å². The van der Waals surface area contributed by atoms with E-state index in [2.05, 4.69) is 39.5 Å². The van der Waals surface area contributed by atoms with Gasteiger partial charge in [0.15, 0.2) is 0 Å². The minimum Gasteiger partial charge on any atom is -0.395 e. The third-order valence-electron chi connectivity index (χ3n) is 0.129. The Morgan fingerprint density at radius 2 is 1.00 bits per heavy atom. The minimum atomic E-state index is 0.0972. The van der Waals surface area contributed by atoms with Gasteiger partial charge in [0.1, 0.15) is 0 Å². The van der Waals surface area contributed by atoms with Gasteiger partial charge in [0.05, 0.1) is 6.61 Å². The van der Waals surface area contributed by atoms with Crippen LogP contribution in [-0.4, -0.2) is 18.3 Å².